The van der Waals surface area contributed by atoms with Crippen LogP contribution in [-0.4, -0.2) is 49.1 Å². The first-order valence-corrected chi connectivity index (χ1v) is 8.07. The van der Waals surface area contributed by atoms with Gasteiger partial charge in [-0.05, 0) is 53.8 Å². The molecule has 1 aromatic rings. The van der Waals surface area contributed by atoms with Crippen molar-refractivity contribution in [3.05, 3.63) is 33.4 Å². The number of hydrogen-bond acceptors (Lipinski definition) is 4. The highest BCUT2D eigenvalue weighted by Crippen LogP contribution is 2.36. The summed E-state index contributed by atoms with van der Waals surface area (Å²) in [6, 6.07) is 6.40. The van der Waals surface area contributed by atoms with Gasteiger partial charge in [-0.3, -0.25) is 0 Å². The third kappa shape index (κ3) is 2.54. The number of benzene rings is 1. The van der Waals surface area contributed by atoms with Crippen LogP contribution in [0.4, 0.5) is 5.69 Å². The molecule has 1 saturated heterocycles. The number of aliphatic hydroxyl groups excluding tert-OH is 1. The smallest absolute Gasteiger partial charge is 0.148 e. The van der Waals surface area contributed by atoms with Crippen LogP contribution in [0.25, 0.3) is 5.70 Å². The van der Waals surface area contributed by atoms with E-state index in [2.05, 4.69) is 52.6 Å². The molecule has 2 aliphatic heterocycles. The van der Waals surface area contributed by atoms with Crippen molar-refractivity contribution in [2.45, 2.75) is 13.2 Å². The zero-order chi connectivity index (χ0) is 14.1. The second-order valence-electron chi connectivity index (χ2n) is 5.01. The fraction of sp³-hybridized carbons (Fsp3) is 0.467. The minimum Gasteiger partial charge on any atom is -0.378 e. The lowest BCUT2D eigenvalue weighted by Gasteiger charge is -2.39. The SMILES string of the molecule is CCN1c2ccc(I)cc2C(N2CCOCC2)=CC1O. The van der Waals surface area contributed by atoms with Crippen LogP contribution in [0.15, 0.2) is 24.3 Å². The maximum absolute atomic E-state index is 10.4. The number of ether oxygens (including phenoxy) is 1. The molecule has 108 valence electrons. The lowest BCUT2D eigenvalue weighted by atomic mass is 10.0. The van der Waals surface area contributed by atoms with Gasteiger partial charge in [0.25, 0.3) is 0 Å². The zero-order valence-electron chi connectivity index (χ0n) is 11.6. The van der Waals surface area contributed by atoms with Crippen LogP contribution in [0, 0.1) is 3.57 Å². The molecule has 1 unspecified atom stereocenters. The Hall–Kier alpha value is -0.790. The number of fused-ring (bicyclic) bond motifs is 1. The molecule has 0 saturated carbocycles. The van der Waals surface area contributed by atoms with E-state index in [9.17, 15) is 5.11 Å². The predicted molar refractivity (Wildman–Crippen MR) is 88.6 cm³/mol. The zero-order valence-corrected chi connectivity index (χ0v) is 13.7. The van der Waals surface area contributed by atoms with Crippen LogP contribution < -0.4 is 4.90 Å². The van der Waals surface area contributed by atoms with E-state index in [1.54, 1.807) is 0 Å². The number of morpholine rings is 1. The fourth-order valence-electron chi connectivity index (χ4n) is 2.86. The highest BCUT2D eigenvalue weighted by Gasteiger charge is 2.27. The molecule has 2 aliphatic rings. The van der Waals surface area contributed by atoms with Gasteiger partial charge in [-0.25, -0.2) is 0 Å². The third-order valence-corrected chi connectivity index (χ3v) is 4.53. The van der Waals surface area contributed by atoms with Gasteiger partial charge in [0.15, 0.2) is 0 Å². The molecule has 3 rings (SSSR count). The Morgan fingerprint density at radius 2 is 2.10 bits per heavy atom. The fourth-order valence-corrected chi connectivity index (χ4v) is 3.36. The van der Waals surface area contributed by atoms with Crippen LogP contribution >= 0.6 is 22.6 Å². The molecule has 0 aromatic heterocycles. The van der Waals surface area contributed by atoms with E-state index in [4.69, 9.17) is 4.74 Å². The first-order chi connectivity index (χ1) is 9.70. The largest absolute Gasteiger partial charge is 0.378 e. The van der Waals surface area contributed by atoms with Crippen molar-refractivity contribution in [2.75, 3.05) is 37.7 Å². The molecular formula is C15H19IN2O2. The molecule has 1 fully saturated rings. The van der Waals surface area contributed by atoms with Crippen LogP contribution in [0.2, 0.25) is 0 Å². The van der Waals surface area contributed by atoms with E-state index in [1.165, 1.54) is 9.13 Å². The van der Waals surface area contributed by atoms with Gasteiger partial charge < -0.3 is 19.6 Å². The first-order valence-electron chi connectivity index (χ1n) is 7.00. The lowest BCUT2D eigenvalue weighted by molar-refractivity contribution is 0.0632. The first kappa shape index (κ1) is 14.2. The van der Waals surface area contributed by atoms with Crippen molar-refractivity contribution in [1.82, 2.24) is 4.90 Å². The van der Waals surface area contributed by atoms with Crippen molar-refractivity contribution < 1.29 is 9.84 Å². The summed E-state index contributed by atoms with van der Waals surface area (Å²) in [7, 11) is 0. The highest BCUT2D eigenvalue weighted by atomic mass is 127. The van der Waals surface area contributed by atoms with Gasteiger partial charge in [0.1, 0.15) is 6.23 Å². The average molecular weight is 386 g/mol. The van der Waals surface area contributed by atoms with Crippen molar-refractivity contribution >= 4 is 34.0 Å². The molecule has 4 nitrogen and oxygen atoms in total. The summed E-state index contributed by atoms with van der Waals surface area (Å²) in [6.07, 6.45) is 1.41. The van der Waals surface area contributed by atoms with Gasteiger partial charge in [-0.2, -0.15) is 0 Å². The van der Waals surface area contributed by atoms with Crippen LogP contribution in [0.3, 0.4) is 0 Å². The van der Waals surface area contributed by atoms with E-state index >= 15 is 0 Å². The molecule has 0 spiro atoms. The summed E-state index contributed by atoms with van der Waals surface area (Å²) in [5.74, 6) is 0. The molecule has 5 heteroatoms. The van der Waals surface area contributed by atoms with E-state index in [1.807, 2.05) is 11.0 Å². The molecule has 1 aromatic carbocycles. The Balaban J connectivity index is 2.04. The minimum absolute atomic E-state index is 0.551. The second-order valence-corrected chi connectivity index (χ2v) is 6.26. The molecule has 0 amide bonds. The van der Waals surface area contributed by atoms with Gasteiger partial charge >= 0.3 is 0 Å². The van der Waals surface area contributed by atoms with Gasteiger partial charge in [0, 0.05) is 40.2 Å². The Labute approximate surface area is 133 Å². The Morgan fingerprint density at radius 3 is 2.80 bits per heavy atom. The van der Waals surface area contributed by atoms with Gasteiger partial charge in [0.05, 0.1) is 13.2 Å². The topological polar surface area (TPSA) is 35.9 Å². The standard InChI is InChI=1S/C15H19IN2O2/c1-2-18-13-4-3-11(16)9-12(13)14(10-15(18)19)17-5-7-20-8-6-17/h3-4,9-10,15,19H,2,5-8H2,1H3. The highest BCUT2D eigenvalue weighted by molar-refractivity contribution is 14.1. The summed E-state index contributed by atoms with van der Waals surface area (Å²) in [5, 5.41) is 10.4. The Kier molecular flexibility index (Phi) is 4.18. The van der Waals surface area contributed by atoms with Gasteiger partial charge in [-0.1, -0.05) is 0 Å². The summed E-state index contributed by atoms with van der Waals surface area (Å²) >= 11 is 2.34. The molecule has 2 heterocycles. The number of nitrogens with zero attached hydrogens (tertiary/aromatic N) is 2. The predicted octanol–water partition coefficient (Wildman–Crippen LogP) is 2.12. The minimum atomic E-state index is -0.551. The van der Waals surface area contributed by atoms with Crippen molar-refractivity contribution in [1.29, 1.82) is 0 Å². The van der Waals surface area contributed by atoms with Gasteiger partial charge in [-0.15, -0.1) is 0 Å². The van der Waals surface area contributed by atoms with E-state index < -0.39 is 6.23 Å². The maximum Gasteiger partial charge on any atom is 0.148 e. The van der Waals surface area contributed by atoms with Gasteiger partial charge in [0.2, 0.25) is 0 Å². The van der Waals surface area contributed by atoms with Crippen molar-refractivity contribution in [3.8, 4) is 0 Å². The number of aliphatic hydroxyl groups is 1. The van der Waals surface area contributed by atoms with Crippen LogP contribution in [-0.2, 0) is 4.74 Å². The summed E-state index contributed by atoms with van der Waals surface area (Å²) < 4.78 is 6.64. The number of rotatable bonds is 2. The molecule has 1 N–H and O–H groups in total. The Bertz CT molecular complexity index is 527. The van der Waals surface area contributed by atoms with Crippen LogP contribution in [0.5, 0.6) is 0 Å². The maximum atomic E-state index is 10.4. The molecular weight excluding hydrogens is 367 g/mol. The molecule has 0 bridgehead atoms. The lowest BCUT2D eigenvalue weighted by Crippen LogP contribution is -2.41. The summed E-state index contributed by atoms with van der Waals surface area (Å²) in [5.41, 5.74) is 3.47. The van der Waals surface area contributed by atoms with E-state index in [0.29, 0.717) is 0 Å². The summed E-state index contributed by atoms with van der Waals surface area (Å²) in [6.45, 7) is 6.14. The number of halogens is 1. The third-order valence-electron chi connectivity index (χ3n) is 3.86. The quantitative estimate of drug-likeness (QED) is 0.791. The molecule has 20 heavy (non-hydrogen) atoms. The average Bonchev–Trinajstić information content (AvgIpc) is 2.48. The normalized spacial score (nSPS) is 22.6. The van der Waals surface area contributed by atoms with Crippen LogP contribution in [0.1, 0.15) is 12.5 Å². The Morgan fingerprint density at radius 1 is 1.35 bits per heavy atom. The number of likely N-dealkylation sites (N-methyl/N-ethyl adjacent to an activating group) is 1. The monoisotopic (exact) mass is 386 g/mol. The molecule has 0 radical (unpaired) electrons. The molecule has 1 atom stereocenters. The van der Waals surface area contributed by atoms with E-state index in [0.717, 1.165) is 44.2 Å². The second kappa shape index (κ2) is 5.91. The molecule has 0 aliphatic carbocycles. The number of hydrogen-bond donors (Lipinski definition) is 1. The van der Waals surface area contributed by atoms with Crippen molar-refractivity contribution in [2.24, 2.45) is 0 Å². The number of anilines is 1. The van der Waals surface area contributed by atoms with E-state index in [-0.39, 0.29) is 0 Å². The summed E-state index contributed by atoms with van der Waals surface area (Å²) in [4.78, 5) is 4.34. The van der Waals surface area contributed by atoms with Crippen molar-refractivity contribution in [3.63, 3.8) is 0 Å².